The Hall–Kier alpha value is -2.44. The van der Waals surface area contributed by atoms with Gasteiger partial charge < -0.3 is 10.2 Å². The summed E-state index contributed by atoms with van der Waals surface area (Å²) in [6.45, 7) is 2.44. The molecule has 160 valence electrons. The Morgan fingerprint density at radius 1 is 1.13 bits per heavy atom. The molecule has 1 aromatic rings. The van der Waals surface area contributed by atoms with E-state index in [1.807, 2.05) is 11.8 Å². The lowest BCUT2D eigenvalue weighted by Gasteiger charge is -2.56. The molecule has 0 spiro atoms. The van der Waals surface area contributed by atoms with E-state index >= 15 is 0 Å². The van der Waals surface area contributed by atoms with Crippen LogP contribution in [0.15, 0.2) is 18.2 Å². The Labute approximate surface area is 176 Å². The number of carbonyl (C=O) groups excluding carboxylic acids is 2. The van der Waals surface area contributed by atoms with Crippen LogP contribution in [-0.2, 0) is 9.59 Å². The van der Waals surface area contributed by atoms with Crippen LogP contribution in [0, 0.1) is 40.2 Å². The van der Waals surface area contributed by atoms with Gasteiger partial charge in [0.05, 0.1) is 16.0 Å². The predicted molar refractivity (Wildman–Crippen MR) is 112 cm³/mol. The van der Waals surface area contributed by atoms with Gasteiger partial charge in [-0.15, -0.1) is 0 Å². The van der Waals surface area contributed by atoms with Crippen LogP contribution in [0.4, 0.5) is 11.4 Å². The molecule has 6 rings (SSSR count). The van der Waals surface area contributed by atoms with Gasteiger partial charge in [-0.2, -0.15) is 0 Å². The largest absolute Gasteiger partial charge is 0.330 e. The highest BCUT2D eigenvalue weighted by Crippen LogP contribution is 2.60. The fourth-order valence-electron chi connectivity index (χ4n) is 7.03. The van der Waals surface area contributed by atoms with Crippen LogP contribution in [0.5, 0.6) is 0 Å². The maximum Gasteiger partial charge on any atom is 0.271 e. The average Bonchev–Trinajstić information content (AvgIpc) is 3.17. The topological polar surface area (TPSA) is 92.6 Å². The zero-order chi connectivity index (χ0) is 21.0. The van der Waals surface area contributed by atoms with Gasteiger partial charge in [0.15, 0.2) is 0 Å². The van der Waals surface area contributed by atoms with Crippen molar-refractivity contribution in [2.45, 2.75) is 64.3 Å². The molecule has 1 aromatic carbocycles. The number of rotatable bonds is 4. The van der Waals surface area contributed by atoms with Crippen molar-refractivity contribution in [2.24, 2.45) is 23.2 Å². The zero-order valence-electron chi connectivity index (χ0n) is 17.4. The number of hydrogen-bond acceptors (Lipinski definition) is 4. The molecule has 30 heavy (non-hydrogen) atoms. The highest BCUT2D eigenvalue weighted by molar-refractivity contribution is 5.99. The normalized spacial score (nSPS) is 34.2. The van der Waals surface area contributed by atoms with Gasteiger partial charge >= 0.3 is 0 Å². The summed E-state index contributed by atoms with van der Waals surface area (Å²) in [6.07, 6.45) is 8.29. The number of aryl methyl sites for hydroxylation is 1. The molecular formula is C23H29N3O4. The maximum atomic E-state index is 13.7. The first-order valence-electron chi connectivity index (χ1n) is 11.2. The van der Waals surface area contributed by atoms with Gasteiger partial charge in [0.2, 0.25) is 11.8 Å². The van der Waals surface area contributed by atoms with Crippen LogP contribution in [0.1, 0.15) is 56.9 Å². The number of nitro groups is 1. The predicted octanol–water partition coefficient (Wildman–Crippen LogP) is 4.05. The van der Waals surface area contributed by atoms with Crippen molar-refractivity contribution < 1.29 is 14.5 Å². The monoisotopic (exact) mass is 411 g/mol. The molecule has 5 fully saturated rings. The van der Waals surface area contributed by atoms with E-state index in [0.29, 0.717) is 36.4 Å². The molecule has 7 heteroatoms. The molecule has 7 nitrogen and oxygen atoms in total. The minimum atomic E-state index is -0.482. The van der Waals surface area contributed by atoms with Crippen LogP contribution in [-0.4, -0.2) is 34.2 Å². The summed E-state index contributed by atoms with van der Waals surface area (Å²) < 4.78 is 0. The van der Waals surface area contributed by atoms with Crippen molar-refractivity contribution in [3.63, 3.8) is 0 Å². The Bertz CT molecular complexity index is 876. The van der Waals surface area contributed by atoms with E-state index < -0.39 is 11.0 Å². The van der Waals surface area contributed by atoms with Crippen molar-refractivity contribution in [3.8, 4) is 0 Å². The number of hydrogen-bond donors (Lipinski definition) is 1. The number of benzene rings is 1. The summed E-state index contributed by atoms with van der Waals surface area (Å²) in [7, 11) is 0. The Morgan fingerprint density at radius 3 is 2.37 bits per heavy atom. The lowest BCUT2D eigenvalue weighted by Crippen LogP contribution is -2.56. The van der Waals surface area contributed by atoms with E-state index in [1.165, 1.54) is 31.4 Å². The summed E-state index contributed by atoms with van der Waals surface area (Å²) in [4.78, 5) is 39.3. The number of nitro benzene ring substituents is 1. The van der Waals surface area contributed by atoms with Gasteiger partial charge in [-0.25, -0.2) is 0 Å². The quantitative estimate of drug-likeness (QED) is 0.598. The number of likely N-dealkylation sites (tertiary alicyclic amines) is 1. The van der Waals surface area contributed by atoms with E-state index in [4.69, 9.17) is 0 Å². The standard InChI is InChI=1S/C23H29N3O4/c1-14-4-5-18(26(29)30)10-19(14)24-21(27)20-3-2-6-25(20)22(28)23-11-15-7-16(12-23)9-17(8-15)13-23/h4-5,10,15-17,20H,2-3,6-9,11-13H2,1H3,(H,24,27). The molecule has 4 aliphatic carbocycles. The Kier molecular flexibility index (Phi) is 4.60. The molecule has 1 saturated heterocycles. The fraction of sp³-hybridized carbons (Fsp3) is 0.652. The van der Waals surface area contributed by atoms with Crippen LogP contribution in [0.2, 0.25) is 0 Å². The number of nitrogens with one attached hydrogen (secondary N) is 1. The summed E-state index contributed by atoms with van der Waals surface area (Å²) in [6, 6.07) is 3.99. The number of non-ortho nitro benzene ring substituents is 1. The molecule has 0 radical (unpaired) electrons. The molecule has 1 aliphatic heterocycles. The van der Waals surface area contributed by atoms with Crippen molar-refractivity contribution >= 4 is 23.2 Å². The first kappa shape index (κ1) is 19.5. The van der Waals surface area contributed by atoms with Gasteiger partial charge in [0.1, 0.15) is 6.04 Å². The molecule has 1 atom stereocenters. The van der Waals surface area contributed by atoms with E-state index in [2.05, 4.69) is 5.32 Å². The molecule has 2 amide bonds. The summed E-state index contributed by atoms with van der Waals surface area (Å²) in [5, 5.41) is 14.0. The van der Waals surface area contributed by atoms with Crippen LogP contribution >= 0.6 is 0 Å². The van der Waals surface area contributed by atoms with Gasteiger partial charge in [-0.05, 0) is 81.6 Å². The number of amides is 2. The van der Waals surface area contributed by atoms with E-state index in [9.17, 15) is 19.7 Å². The molecule has 1 heterocycles. The van der Waals surface area contributed by atoms with Crippen molar-refractivity contribution in [1.82, 2.24) is 4.90 Å². The SMILES string of the molecule is Cc1ccc([N+](=O)[O-])cc1NC(=O)C1CCCN1C(=O)C12CC3CC(CC(C3)C1)C2. The van der Waals surface area contributed by atoms with E-state index in [-0.39, 0.29) is 22.9 Å². The lowest BCUT2D eigenvalue weighted by molar-refractivity contribution is -0.384. The fourth-order valence-corrected chi connectivity index (χ4v) is 7.03. The summed E-state index contributed by atoms with van der Waals surface area (Å²) in [5.41, 5.74) is 0.914. The molecular weight excluding hydrogens is 382 g/mol. The van der Waals surface area contributed by atoms with Crippen molar-refractivity contribution in [1.29, 1.82) is 0 Å². The van der Waals surface area contributed by atoms with Crippen LogP contribution < -0.4 is 5.32 Å². The van der Waals surface area contributed by atoms with Gasteiger partial charge in [-0.1, -0.05) is 6.07 Å². The highest BCUT2D eigenvalue weighted by atomic mass is 16.6. The molecule has 5 aliphatic rings. The van der Waals surface area contributed by atoms with E-state index in [1.54, 1.807) is 6.07 Å². The Balaban J connectivity index is 1.34. The summed E-state index contributed by atoms with van der Waals surface area (Å²) in [5.74, 6) is 2.01. The zero-order valence-corrected chi connectivity index (χ0v) is 17.4. The number of carbonyl (C=O) groups is 2. The highest BCUT2D eigenvalue weighted by Gasteiger charge is 2.56. The Morgan fingerprint density at radius 2 is 1.77 bits per heavy atom. The van der Waals surface area contributed by atoms with Crippen LogP contribution in [0.25, 0.3) is 0 Å². The summed E-state index contributed by atoms with van der Waals surface area (Å²) >= 11 is 0. The average molecular weight is 412 g/mol. The van der Waals surface area contributed by atoms with E-state index in [0.717, 1.165) is 31.2 Å². The molecule has 4 saturated carbocycles. The third kappa shape index (κ3) is 3.19. The third-order valence-corrected chi connectivity index (χ3v) is 8.00. The maximum absolute atomic E-state index is 13.7. The van der Waals surface area contributed by atoms with Gasteiger partial charge in [-0.3, -0.25) is 19.7 Å². The third-order valence-electron chi connectivity index (χ3n) is 8.00. The van der Waals surface area contributed by atoms with Crippen molar-refractivity contribution in [3.05, 3.63) is 33.9 Å². The molecule has 1 N–H and O–H groups in total. The number of anilines is 1. The second kappa shape index (κ2) is 7.06. The second-order valence-electron chi connectivity index (χ2n) is 10.1. The smallest absolute Gasteiger partial charge is 0.271 e. The van der Waals surface area contributed by atoms with Gasteiger partial charge in [0.25, 0.3) is 5.69 Å². The number of nitrogens with zero attached hydrogens (tertiary/aromatic N) is 2. The second-order valence-corrected chi connectivity index (χ2v) is 10.1. The molecule has 4 bridgehead atoms. The van der Waals surface area contributed by atoms with Gasteiger partial charge in [0, 0.05) is 18.7 Å². The first-order valence-corrected chi connectivity index (χ1v) is 11.2. The minimum Gasteiger partial charge on any atom is -0.330 e. The van der Waals surface area contributed by atoms with Crippen molar-refractivity contribution in [2.75, 3.05) is 11.9 Å². The minimum absolute atomic E-state index is 0.0520. The van der Waals surface area contributed by atoms with Crippen LogP contribution in [0.3, 0.4) is 0 Å². The lowest BCUT2D eigenvalue weighted by atomic mass is 9.49. The first-order chi connectivity index (χ1) is 14.3. The molecule has 1 unspecified atom stereocenters. The molecule has 0 aromatic heterocycles.